The first-order valence-electron chi connectivity index (χ1n) is 6.17. The van der Waals surface area contributed by atoms with Gasteiger partial charge in [-0.3, -0.25) is 4.79 Å². The number of halogens is 1. The van der Waals surface area contributed by atoms with Crippen molar-refractivity contribution in [2.24, 2.45) is 0 Å². The highest BCUT2D eigenvalue weighted by Crippen LogP contribution is 2.21. The highest BCUT2D eigenvalue weighted by Gasteiger charge is 2.32. The summed E-state index contributed by atoms with van der Waals surface area (Å²) in [6.07, 6.45) is 2.21. The minimum atomic E-state index is -0.907. The summed E-state index contributed by atoms with van der Waals surface area (Å²) in [4.78, 5) is 17.0. The Kier molecular flexibility index (Phi) is 4.11. The van der Waals surface area contributed by atoms with Gasteiger partial charge in [0.25, 0.3) is 5.91 Å². The quantitative estimate of drug-likeness (QED) is 0.825. The van der Waals surface area contributed by atoms with Gasteiger partial charge in [0, 0.05) is 45.8 Å². The van der Waals surface area contributed by atoms with Crippen LogP contribution in [-0.2, 0) is 4.74 Å². The average Bonchev–Trinajstić information content (AvgIpc) is 2.39. The second kappa shape index (κ2) is 5.63. The van der Waals surface area contributed by atoms with Crippen molar-refractivity contribution in [1.29, 1.82) is 0 Å². The number of pyridine rings is 1. The Bertz CT molecular complexity index is 444. The topological polar surface area (TPSA) is 62.7 Å². The van der Waals surface area contributed by atoms with E-state index in [1.807, 2.05) is 0 Å². The van der Waals surface area contributed by atoms with Crippen LogP contribution in [0.1, 0.15) is 23.2 Å². The minimum absolute atomic E-state index is 0.229. The number of carbonyl (C=O) groups excluding carboxylic acids is 1. The number of hydrogen-bond donors (Lipinski definition) is 1. The lowest BCUT2D eigenvalue weighted by Gasteiger charge is -2.35. The molecule has 0 atom stereocenters. The summed E-state index contributed by atoms with van der Waals surface area (Å²) in [7, 11) is 1.61. The molecule has 0 spiro atoms. The molecule has 5 nitrogen and oxygen atoms in total. The van der Waals surface area contributed by atoms with Crippen molar-refractivity contribution in [3.05, 3.63) is 29.8 Å². The summed E-state index contributed by atoms with van der Waals surface area (Å²) >= 11 is 0. The Hall–Kier alpha value is -1.53. The van der Waals surface area contributed by atoms with Crippen LogP contribution < -0.4 is 0 Å². The van der Waals surface area contributed by atoms with E-state index in [0.717, 1.165) is 6.07 Å². The molecular formula is C13H17FN2O3. The highest BCUT2D eigenvalue weighted by molar-refractivity contribution is 5.93. The smallest absolute Gasteiger partial charge is 0.255 e. The number of carbonyl (C=O) groups is 1. The summed E-state index contributed by atoms with van der Waals surface area (Å²) in [5, 5.41) is 10.3. The maximum absolute atomic E-state index is 12.7. The van der Waals surface area contributed by atoms with Crippen molar-refractivity contribution < 1.29 is 19.0 Å². The molecule has 1 amide bonds. The lowest BCUT2D eigenvalue weighted by Crippen LogP contribution is -2.47. The van der Waals surface area contributed by atoms with Gasteiger partial charge >= 0.3 is 0 Å². The number of nitrogens with zero attached hydrogens (tertiary/aromatic N) is 2. The van der Waals surface area contributed by atoms with E-state index in [-0.39, 0.29) is 12.5 Å². The molecule has 1 aromatic heterocycles. The molecule has 1 aromatic rings. The SMILES string of the molecule is CN(CC1(O)CCOCC1)C(=O)c1ccc(F)nc1. The van der Waals surface area contributed by atoms with E-state index in [1.165, 1.54) is 17.2 Å². The molecule has 2 rings (SSSR count). The Balaban J connectivity index is 2.00. The normalized spacial score (nSPS) is 18.1. The molecule has 1 aliphatic rings. The van der Waals surface area contributed by atoms with Crippen LogP contribution in [-0.4, -0.2) is 53.3 Å². The summed E-state index contributed by atoms with van der Waals surface area (Å²) in [5.74, 6) is -0.908. The molecule has 0 aromatic carbocycles. The van der Waals surface area contributed by atoms with Crippen molar-refractivity contribution in [2.45, 2.75) is 18.4 Å². The van der Waals surface area contributed by atoms with E-state index in [1.54, 1.807) is 7.05 Å². The third-order valence-corrected chi connectivity index (χ3v) is 3.28. The van der Waals surface area contributed by atoms with Gasteiger partial charge in [-0.15, -0.1) is 0 Å². The van der Waals surface area contributed by atoms with Crippen LogP contribution in [0.5, 0.6) is 0 Å². The van der Waals surface area contributed by atoms with Crippen LogP contribution >= 0.6 is 0 Å². The second-order valence-corrected chi connectivity index (χ2v) is 4.87. The summed E-state index contributed by atoms with van der Waals surface area (Å²) in [6, 6.07) is 2.53. The summed E-state index contributed by atoms with van der Waals surface area (Å²) < 4.78 is 17.9. The molecule has 0 saturated carbocycles. The zero-order valence-corrected chi connectivity index (χ0v) is 10.8. The molecule has 1 aliphatic heterocycles. The number of aromatic nitrogens is 1. The van der Waals surface area contributed by atoms with Crippen molar-refractivity contribution in [2.75, 3.05) is 26.8 Å². The van der Waals surface area contributed by atoms with E-state index < -0.39 is 11.5 Å². The molecule has 0 unspecified atom stereocenters. The summed E-state index contributed by atoms with van der Waals surface area (Å²) in [6.45, 7) is 1.22. The average molecular weight is 268 g/mol. The van der Waals surface area contributed by atoms with Crippen molar-refractivity contribution in [3.63, 3.8) is 0 Å². The number of hydrogen-bond acceptors (Lipinski definition) is 4. The van der Waals surface area contributed by atoms with Gasteiger partial charge in [-0.05, 0) is 12.1 Å². The number of likely N-dealkylation sites (N-methyl/N-ethyl adjacent to an activating group) is 1. The summed E-state index contributed by atoms with van der Waals surface area (Å²) in [5.41, 5.74) is -0.601. The molecule has 1 fully saturated rings. The standard InChI is InChI=1S/C13H17FN2O3/c1-16(9-13(18)4-6-19-7-5-13)12(17)10-2-3-11(14)15-8-10/h2-3,8,18H,4-7,9H2,1H3. The first kappa shape index (κ1) is 13.9. The van der Waals surface area contributed by atoms with E-state index in [9.17, 15) is 14.3 Å². The first-order chi connectivity index (χ1) is 9.00. The van der Waals surface area contributed by atoms with Crippen molar-refractivity contribution in [1.82, 2.24) is 9.88 Å². The number of rotatable bonds is 3. The number of ether oxygens (including phenoxy) is 1. The van der Waals surface area contributed by atoms with Crippen LogP contribution in [0, 0.1) is 5.95 Å². The number of aliphatic hydroxyl groups is 1. The predicted octanol–water partition coefficient (Wildman–Crippen LogP) is 0.834. The largest absolute Gasteiger partial charge is 0.388 e. The monoisotopic (exact) mass is 268 g/mol. The lowest BCUT2D eigenvalue weighted by atomic mass is 9.94. The van der Waals surface area contributed by atoms with Crippen molar-refractivity contribution in [3.8, 4) is 0 Å². The molecule has 0 aliphatic carbocycles. The molecule has 1 N–H and O–H groups in total. The fourth-order valence-corrected chi connectivity index (χ4v) is 2.15. The molecule has 0 radical (unpaired) electrons. The van der Waals surface area contributed by atoms with Crippen LogP contribution in [0.2, 0.25) is 0 Å². The zero-order chi connectivity index (χ0) is 13.9. The predicted molar refractivity (Wildman–Crippen MR) is 66.2 cm³/mol. The molecule has 0 bridgehead atoms. The van der Waals surface area contributed by atoms with Crippen molar-refractivity contribution >= 4 is 5.91 Å². The Labute approximate surface area is 111 Å². The maximum Gasteiger partial charge on any atom is 0.255 e. The third-order valence-electron chi connectivity index (χ3n) is 3.28. The van der Waals surface area contributed by atoms with Gasteiger partial charge in [-0.1, -0.05) is 0 Å². The van der Waals surface area contributed by atoms with Crippen LogP contribution in [0.4, 0.5) is 4.39 Å². The maximum atomic E-state index is 12.7. The third kappa shape index (κ3) is 3.48. The molecule has 2 heterocycles. The molecule has 104 valence electrons. The van der Waals surface area contributed by atoms with Crippen LogP contribution in [0.3, 0.4) is 0 Å². The Morgan fingerprint density at radius 2 is 2.21 bits per heavy atom. The second-order valence-electron chi connectivity index (χ2n) is 4.87. The van der Waals surface area contributed by atoms with Gasteiger partial charge in [-0.2, -0.15) is 4.39 Å². The van der Waals surface area contributed by atoms with Gasteiger partial charge in [0.05, 0.1) is 11.2 Å². The molecule has 1 saturated heterocycles. The molecule has 6 heteroatoms. The fourth-order valence-electron chi connectivity index (χ4n) is 2.15. The van der Waals surface area contributed by atoms with Gasteiger partial charge in [0.15, 0.2) is 0 Å². The van der Waals surface area contributed by atoms with Gasteiger partial charge < -0.3 is 14.7 Å². The van der Waals surface area contributed by atoms with Gasteiger partial charge in [0.2, 0.25) is 5.95 Å². The fraction of sp³-hybridized carbons (Fsp3) is 0.538. The van der Waals surface area contributed by atoms with E-state index in [2.05, 4.69) is 4.98 Å². The minimum Gasteiger partial charge on any atom is -0.388 e. The van der Waals surface area contributed by atoms with Gasteiger partial charge in [0.1, 0.15) is 0 Å². The Morgan fingerprint density at radius 3 is 2.79 bits per heavy atom. The van der Waals surface area contributed by atoms with E-state index in [0.29, 0.717) is 31.6 Å². The first-order valence-corrected chi connectivity index (χ1v) is 6.17. The molecule has 19 heavy (non-hydrogen) atoms. The molecular weight excluding hydrogens is 251 g/mol. The van der Waals surface area contributed by atoms with E-state index in [4.69, 9.17) is 4.74 Å². The van der Waals surface area contributed by atoms with Gasteiger partial charge in [-0.25, -0.2) is 4.98 Å². The van der Waals surface area contributed by atoms with E-state index >= 15 is 0 Å². The highest BCUT2D eigenvalue weighted by atomic mass is 19.1. The van der Waals surface area contributed by atoms with Crippen LogP contribution in [0.15, 0.2) is 18.3 Å². The lowest BCUT2D eigenvalue weighted by molar-refractivity contribution is -0.0734. The zero-order valence-electron chi connectivity index (χ0n) is 10.8. The number of amides is 1. The van der Waals surface area contributed by atoms with Crippen LogP contribution in [0.25, 0.3) is 0 Å². The Morgan fingerprint density at radius 1 is 1.53 bits per heavy atom.